The summed E-state index contributed by atoms with van der Waals surface area (Å²) in [6.45, 7) is 0.218. The van der Waals surface area contributed by atoms with E-state index in [1.807, 2.05) is 0 Å². The van der Waals surface area contributed by atoms with E-state index >= 15 is 0 Å². The summed E-state index contributed by atoms with van der Waals surface area (Å²) < 4.78 is 28.9. The summed E-state index contributed by atoms with van der Waals surface area (Å²) in [6, 6.07) is 7.16. The Kier molecular flexibility index (Phi) is 4.42. The van der Waals surface area contributed by atoms with E-state index in [9.17, 15) is 13.2 Å². The minimum absolute atomic E-state index is 0.0188. The lowest BCUT2D eigenvalue weighted by Gasteiger charge is -2.02. The third-order valence-corrected chi connectivity index (χ3v) is 3.90. The first-order chi connectivity index (χ1) is 9.93. The van der Waals surface area contributed by atoms with Gasteiger partial charge in [-0.15, -0.1) is 0 Å². The van der Waals surface area contributed by atoms with Crippen LogP contribution < -0.4 is 4.74 Å². The Morgan fingerprint density at radius 2 is 1.95 bits per heavy atom. The topological polar surface area (TPSA) is 78.3 Å². The van der Waals surface area contributed by atoms with Crippen molar-refractivity contribution >= 4 is 16.1 Å². The van der Waals surface area contributed by atoms with E-state index in [0.29, 0.717) is 23.3 Å². The van der Waals surface area contributed by atoms with E-state index in [-0.39, 0.29) is 12.3 Å². The van der Waals surface area contributed by atoms with Gasteiger partial charge in [-0.2, -0.15) is 5.10 Å². The Morgan fingerprint density at radius 3 is 2.48 bits per heavy atom. The van der Waals surface area contributed by atoms with Crippen molar-refractivity contribution in [2.75, 3.05) is 19.1 Å². The molecule has 7 heteroatoms. The van der Waals surface area contributed by atoms with Crippen LogP contribution in [0, 0.1) is 0 Å². The smallest absolute Gasteiger partial charge is 0.153 e. The Hall–Kier alpha value is -2.15. The van der Waals surface area contributed by atoms with Gasteiger partial charge in [0.1, 0.15) is 21.3 Å². The number of aldehydes is 1. The number of nitrogens with zero attached hydrogens (tertiary/aromatic N) is 2. The Bertz CT molecular complexity index is 733. The highest BCUT2D eigenvalue weighted by Gasteiger charge is 2.12. The Labute approximate surface area is 123 Å². The lowest BCUT2D eigenvalue weighted by Crippen LogP contribution is -2.11. The maximum atomic E-state index is 11.2. The molecule has 0 fully saturated rings. The number of rotatable bonds is 6. The maximum Gasteiger partial charge on any atom is 0.153 e. The molecule has 0 amide bonds. The summed E-state index contributed by atoms with van der Waals surface area (Å²) in [5.41, 5.74) is 1.73. The molecular weight excluding hydrogens is 292 g/mol. The summed E-state index contributed by atoms with van der Waals surface area (Å²) >= 11 is 0. The lowest BCUT2D eigenvalue weighted by molar-refractivity contribution is 0.112. The highest BCUT2D eigenvalue weighted by Crippen LogP contribution is 2.23. The highest BCUT2D eigenvalue weighted by molar-refractivity contribution is 7.90. The molecule has 112 valence electrons. The molecule has 0 aliphatic heterocycles. The fraction of sp³-hybridized carbons (Fsp3) is 0.286. The molecule has 0 bridgehead atoms. The first kappa shape index (κ1) is 15.2. The van der Waals surface area contributed by atoms with Crippen LogP contribution in [0.1, 0.15) is 10.4 Å². The molecular formula is C14H16N2O4S. The van der Waals surface area contributed by atoms with Crippen LogP contribution in [-0.2, 0) is 16.4 Å². The van der Waals surface area contributed by atoms with Gasteiger partial charge in [-0.1, -0.05) is 0 Å². The van der Waals surface area contributed by atoms with Crippen LogP contribution in [0.15, 0.2) is 30.5 Å². The average Bonchev–Trinajstić information content (AvgIpc) is 2.88. The van der Waals surface area contributed by atoms with Crippen molar-refractivity contribution in [3.05, 3.63) is 36.0 Å². The van der Waals surface area contributed by atoms with Crippen LogP contribution in [0.4, 0.5) is 0 Å². The lowest BCUT2D eigenvalue weighted by atomic mass is 10.1. The molecule has 0 aliphatic carbocycles. The molecule has 6 nitrogen and oxygen atoms in total. The first-order valence-corrected chi connectivity index (χ1v) is 8.34. The first-order valence-electron chi connectivity index (χ1n) is 6.28. The third-order valence-electron chi connectivity index (χ3n) is 2.97. The van der Waals surface area contributed by atoms with Crippen LogP contribution in [0.2, 0.25) is 0 Å². The average molecular weight is 308 g/mol. The summed E-state index contributed by atoms with van der Waals surface area (Å²) in [5, 5.41) is 4.29. The number of carbonyl (C=O) groups excluding carboxylic acids is 1. The summed E-state index contributed by atoms with van der Waals surface area (Å²) in [4.78, 5) is 11.1. The fourth-order valence-corrected chi connectivity index (χ4v) is 2.39. The van der Waals surface area contributed by atoms with E-state index in [1.165, 1.54) is 10.9 Å². The molecule has 0 saturated heterocycles. The van der Waals surface area contributed by atoms with Crippen molar-refractivity contribution in [3.8, 4) is 17.0 Å². The van der Waals surface area contributed by atoms with Crippen molar-refractivity contribution in [1.82, 2.24) is 9.78 Å². The second-order valence-electron chi connectivity index (χ2n) is 4.67. The molecule has 0 atom stereocenters. The molecule has 1 aromatic carbocycles. The number of benzene rings is 1. The largest absolute Gasteiger partial charge is 0.497 e. The minimum Gasteiger partial charge on any atom is -0.497 e. The van der Waals surface area contributed by atoms with Gasteiger partial charge < -0.3 is 4.74 Å². The fourth-order valence-electron chi connectivity index (χ4n) is 1.87. The maximum absolute atomic E-state index is 11.2. The zero-order chi connectivity index (χ0) is 15.5. The van der Waals surface area contributed by atoms with Gasteiger partial charge in [0, 0.05) is 18.0 Å². The van der Waals surface area contributed by atoms with E-state index in [4.69, 9.17) is 4.74 Å². The summed E-state index contributed by atoms with van der Waals surface area (Å²) in [6.07, 6.45) is 3.43. The molecule has 2 rings (SSSR count). The summed E-state index contributed by atoms with van der Waals surface area (Å²) in [5.74, 6) is 0.692. The van der Waals surface area contributed by atoms with Crippen LogP contribution in [0.3, 0.4) is 0 Å². The highest BCUT2D eigenvalue weighted by atomic mass is 32.2. The predicted molar refractivity (Wildman–Crippen MR) is 79.3 cm³/mol. The van der Waals surface area contributed by atoms with Crippen molar-refractivity contribution in [2.45, 2.75) is 6.54 Å². The standard InChI is InChI=1S/C14H16N2O4S/c1-20-13-5-3-11(4-6-13)14-12(10-17)9-16(15-14)7-8-21(2,18)19/h3-6,9-10H,7-8H2,1-2H3. The summed E-state index contributed by atoms with van der Waals surface area (Å²) in [7, 11) is -1.50. The van der Waals surface area contributed by atoms with Crippen molar-refractivity contribution in [2.24, 2.45) is 0 Å². The van der Waals surface area contributed by atoms with E-state index in [2.05, 4.69) is 5.10 Å². The number of hydrogen-bond donors (Lipinski definition) is 0. The predicted octanol–water partition coefficient (Wildman–Crippen LogP) is 1.42. The SMILES string of the molecule is COc1ccc(-c2nn(CCS(C)(=O)=O)cc2C=O)cc1. The zero-order valence-electron chi connectivity index (χ0n) is 11.8. The van der Waals surface area contributed by atoms with Gasteiger partial charge in [-0.05, 0) is 24.3 Å². The van der Waals surface area contributed by atoms with Gasteiger partial charge in [-0.3, -0.25) is 9.48 Å². The van der Waals surface area contributed by atoms with Crippen molar-refractivity contribution in [1.29, 1.82) is 0 Å². The number of aryl methyl sites for hydroxylation is 1. The Morgan fingerprint density at radius 1 is 1.29 bits per heavy atom. The number of carbonyl (C=O) groups is 1. The van der Waals surface area contributed by atoms with Crippen LogP contribution in [0.25, 0.3) is 11.3 Å². The van der Waals surface area contributed by atoms with Gasteiger partial charge in [0.25, 0.3) is 0 Å². The molecule has 0 aliphatic rings. The van der Waals surface area contributed by atoms with Gasteiger partial charge >= 0.3 is 0 Å². The molecule has 21 heavy (non-hydrogen) atoms. The number of ether oxygens (including phenoxy) is 1. The molecule has 0 radical (unpaired) electrons. The normalized spacial score (nSPS) is 11.3. The van der Waals surface area contributed by atoms with Gasteiger partial charge in [-0.25, -0.2) is 8.42 Å². The van der Waals surface area contributed by atoms with E-state index in [1.54, 1.807) is 37.6 Å². The molecule has 1 aromatic heterocycles. The molecule has 0 spiro atoms. The van der Waals surface area contributed by atoms with Crippen LogP contribution >= 0.6 is 0 Å². The van der Waals surface area contributed by atoms with Gasteiger partial charge in [0.05, 0.1) is 25.0 Å². The van der Waals surface area contributed by atoms with E-state index < -0.39 is 9.84 Å². The van der Waals surface area contributed by atoms with E-state index in [0.717, 1.165) is 5.56 Å². The van der Waals surface area contributed by atoms with Crippen molar-refractivity contribution in [3.63, 3.8) is 0 Å². The van der Waals surface area contributed by atoms with Crippen LogP contribution in [0.5, 0.6) is 5.75 Å². The minimum atomic E-state index is -3.07. The second kappa shape index (κ2) is 6.09. The quantitative estimate of drug-likeness (QED) is 0.754. The van der Waals surface area contributed by atoms with Crippen molar-refractivity contribution < 1.29 is 17.9 Å². The molecule has 1 heterocycles. The zero-order valence-corrected chi connectivity index (χ0v) is 12.6. The van der Waals surface area contributed by atoms with Crippen LogP contribution in [-0.4, -0.2) is 43.6 Å². The molecule has 2 aromatic rings. The third kappa shape index (κ3) is 3.91. The monoisotopic (exact) mass is 308 g/mol. The number of aromatic nitrogens is 2. The van der Waals surface area contributed by atoms with Gasteiger partial charge in [0.15, 0.2) is 6.29 Å². The molecule has 0 N–H and O–H groups in total. The Balaban J connectivity index is 2.30. The number of sulfone groups is 1. The number of methoxy groups -OCH3 is 1. The second-order valence-corrected chi connectivity index (χ2v) is 6.93. The molecule has 0 saturated carbocycles. The number of hydrogen-bond acceptors (Lipinski definition) is 5. The molecule has 0 unspecified atom stereocenters. The van der Waals surface area contributed by atoms with Gasteiger partial charge in [0.2, 0.25) is 0 Å².